The van der Waals surface area contributed by atoms with Crippen LogP contribution in [-0.2, 0) is 6.54 Å². The van der Waals surface area contributed by atoms with Crippen molar-refractivity contribution in [1.29, 1.82) is 0 Å². The predicted octanol–water partition coefficient (Wildman–Crippen LogP) is 4.13. The Balaban J connectivity index is 1.99. The van der Waals surface area contributed by atoms with Crippen LogP contribution in [0, 0.1) is 6.92 Å². The topological polar surface area (TPSA) is 21.1 Å². The van der Waals surface area contributed by atoms with Crippen molar-refractivity contribution in [2.24, 2.45) is 0 Å². The first-order valence-electron chi connectivity index (χ1n) is 7.92. The number of imidazole rings is 1. The molecule has 0 radical (unpaired) electrons. The maximum atomic E-state index is 6.38. The third-order valence-electron chi connectivity index (χ3n) is 4.58. The van der Waals surface area contributed by atoms with Gasteiger partial charge in [-0.15, -0.1) is 11.6 Å². The van der Waals surface area contributed by atoms with Gasteiger partial charge in [-0.05, 0) is 58.3 Å². The molecule has 2 atom stereocenters. The Hall–Kier alpha value is -1.06. The summed E-state index contributed by atoms with van der Waals surface area (Å²) in [6.45, 7) is 9.85. The molecule has 0 aliphatic carbocycles. The number of benzene rings is 1. The Morgan fingerprint density at radius 2 is 1.95 bits per heavy atom. The summed E-state index contributed by atoms with van der Waals surface area (Å²) >= 11 is 6.38. The van der Waals surface area contributed by atoms with Crippen molar-refractivity contribution in [3.8, 4) is 0 Å². The maximum Gasteiger partial charge on any atom is 0.127 e. The number of hydrogen-bond donors (Lipinski definition) is 0. The molecule has 0 amide bonds. The van der Waals surface area contributed by atoms with E-state index in [4.69, 9.17) is 16.6 Å². The van der Waals surface area contributed by atoms with Crippen molar-refractivity contribution in [1.82, 2.24) is 14.5 Å². The van der Waals surface area contributed by atoms with E-state index in [-0.39, 0.29) is 5.38 Å². The number of likely N-dealkylation sites (tertiary alicyclic amines) is 1. The summed E-state index contributed by atoms with van der Waals surface area (Å²) in [6, 6.07) is 6.92. The Labute approximate surface area is 131 Å². The van der Waals surface area contributed by atoms with Gasteiger partial charge in [-0.3, -0.25) is 4.90 Å². The molecule has 2 aromatic rings. The molecule has 1 aliphatic rings. The van der Waals surface area contributed by atoms with Gasteiger partial charge in [-0.25, -0.2) is 4.98 Å². The van der Waals surface area contributed by atoms with Crippen LogP contribution in [0.15, 0.2) is 18.2 Å². The minimum Gasteiger partial charge on any atom is -0.325 e. The van der Waals surface area contributed by atoms with Crippen molar-refractivity contribution in [3.63, 3.8) is 0 Å². The summed E-state index contributed by atoms with van der Waals surface area (Å²) in [5, 5.41) is -0.0671. The van der Waals surface area contributed by atoms with E-state index < -0.39 is 0 Å². The normalized spacial score (nSPS) is 19.2. The van der Waals surface area contributed by atoms with Gasteiger partial charge >= 0.3 is 0 Å². The zero-order chi connectivity index (χ0) is 15.0. The van der Waals surface area contributed by atoms with Crippen LogP contribution < -0.4 is 0 Å². The fraction of sp³-hybridized carbons (Fsp3) is 0.588. The molecule has 3 nitrogen and oxygen atoms in total. The highest BCUT2D eigenvalue weighted by molar-refractivity contribution is 6.20. The fourth-order valence-electron chi connectivity index (χ4n) is 3.36. The quantitative estimate of drug-likeness (QED) is 0.792. The second-order valence-corrected chi connectivity index (χ2v) is 6.89. The van der Waals surface area contributed by atoms with Gasteiger partial charge in [-0.1, -0.05) is 12.1 Å². The van der Waals surface area contributed by atoms with E-state index in [1.165, 1.54) is 37.0 Å². The highest BCUT2D eigenvalue weighted by Crippen LogP contribution is 2.27. The standard InChI is InChI=1S/C17H24ClN3/c1-12-7-6-8-15-16(12)19-17(14(3)18)21(15)11-13(2)20-9-4-5-10-20/h6-8,13-14H,4-5,9-11H2,1-3H3. The summed E-state index contributed by atoms with van der Waals surface area (Å²) in [4.78, 5) is 7.38. The maximum absolute atomic E-state index is 6.38. The molecule has 0 N–H and O–H groups in total. The first-order valence-corrected chi connectivity index (χ1v) is 8.35. The largest absolute Gasteiger partial charge is 0.325 e. The minimum atomic E-state index is -0.0671. The Morgan fingerprint density at radius 1 is 1.24 bits per heavy atom. The lowest BCUT2D eigenvalue weighted by molar-refractivity contribution is 0.236. The Morgan fingerprint density at radius 3 is 2.62 bits per heavy atom. The zero-order valence-electron chi connectivity index (χ0n) is 13.1. The average Bonchev–Trinajstić information content (AvgIpc) is 3.07. The van der Waals surface area contributed by atoms with Crippen LogP contribution in [0.1, 0.15) is 43.5 Å². The second-order valence-electron chi connectivity index (χ2n) is 6.23. The summed E-state index contributed by atoms with van der Waals surface area (Å²) in [6.07, 6.45) is 2.65. The fourth-order valence-corrected chi connectivity index (χ4v) is 3.53. The molecular weight excluding hydrogens is 282 g/mol. The van der Waals surface area contributed by atoms with E-state index >= 15 is 0 Å². The van der Waals surface area contributed by atoms with E-state index in [1.807, 2.05) is 6.92 Å². The number of aryl methyl sites for hydroxylation is 1. The van der Waals surface area contributed by atoms with Crippen molar-refractivity contribution in [2.75, 3.05) is 13.1 Å². The van der Waals surface area contributed by atoms with Gasteiger partial charge in [0.1, 0.15) is 5.82 Å². The molecule has 1 saturated heterocycles. The number of alkyl halides is 1. The van der Waals surface area contributed by atoms with Gasteiger partial charge in [0.05, 0.1) is 16.4 Å². The SMILES string of the molecule is Cc1cccc2c1nc(C(C)Cl)n2CC(C)N1CCCC1. The van der Waals surface area contributed by atoms with Gasteiger partial charge in [0, 0.05) is 12.6 Å². The number of para-hydroxylation sites is 1. The number of nitrogens with zero attached hydrogens (tertiary/aromatic N) is 3. The van der Waals surface area contributed by atoms with Crippen LogP contribution in [0.2, 0.25) is 0 Å². The van der Waals surface area contributed by atoms with Crippen LogP contribution in [0.3, 0.4) is 0 Å². The monoisotopic (exact) mass is 305 g/mol. The summed E-state index contributed by atoms with van der Waals surface area (Å²) < 4.78 is 2.32. The molecule has 1 aliphatic heterocycles. The first-order chi connectivity index (χ1) is 10.1. The van der Waals surface area contributed by atoms with Gasteiger partial charge in [0.25, 0.3) is 0 Å². The lowest BCUT2D eigenvalue weighted by Gasteiger charge is -2.25. The lowest BCUT2D eigenvalue weighted by atomic mass is 10.2. The van der Waals surface area contributed by atoms with E-state index in [0.29, 0.717) is 6.04 Å². The molecule has 0 spiro atoms. The molecule has 114 valence electrons. The summed E-state index contributed by atoms with van der Waals surface area (Å²) in [5.74, 6) is 0.993. The third kappa shape index (κ3) is 2.82. The van der Waals surface area contributed by atoms with Gasteiger partial charge in [-0.2, -0.15) is 0 Å². The predicted molar refractivity (Wildman–Crippen MR) is 89.0 cm³/mol. The third-order valence-corrected chi connectivity index (χ3v) is 4.77. The van der Waals surface area contributed by atoms with Crippen molar-refractivity contribution in [3.05, 3.63) is 29.6 Å². The molecule has 2 unspecified atom stereocenters. The molecule has 4 heteroatoms. The molecule has 1 fully saturated rings. The van der Waals surface area contributed by atoms with Crippen LogP contribution in [-0.4, -0.2) is 33.6 Å². The number of aromatic nitrogens is 2. The van der Waals surface area contributed by atoms with E-state index in [2.05, 4.69) is 41.5 Å². The summed E-state index contributed by atoms with van der Waals surface area (Å²) in [5.41, 5.74) is 3.52. The highest BCUT2D eigenvalue weighted by Gasteiger charge is 2.22. The van der Waals surface area contributed by atoms with Crippen molar-refractivity contribution in [2.45, 2.75) is 51.6 Å². The van der Waals surface area contributed by atoms with E-state index in [9.17, 15) is 0 Å². The Kier molecular flexibility index (Phi) is 4.23. The lowest BCUT2D eigenvalue weighted by Crippen LogP contribution is -2.34. The van der Waals surface area contributed by atoms with Crippen LogP contribution in [0.25, 0.3) is 11.0 Å². The number of halogens is 1. The van der Waals surface area contributed by atoms with Crippen molar-refractivity contribution < 1.29 is 0 Å². The molecule has 0 saturated carbocycles. The minimum absolute atomic E-state index is 0.0671. The zero-order valence-corrected chi connectivity index (χ0v) is 13.9. The number of fused-ring (bicyclic) bond motifs is 1. The van der Waals surface area contributed by atoms with E-state index in [1.54, 1.807) is 0 Å². The van der Waals surface area contributed by atoms with E-state index in [0.717, 1.165) is 17.9 Å². The molecule has 3 rings (SSSR count). The van der Waals surface area contributed by atoms with Crippen molar-refractivity contribution >= 4 is 22.6 Å². The van der Waals surface area contributed by atoms with Crippen LogP contribution in [0.4, 0.5) is 0 Å². The molecule has 1 aromatic heterocycles. The Bertz CT molecular complexity index is 626. The average molecular weight is 306 g/mol. The second kappa shape index (κ2) is 5.98. The number of rotatable bonds is 4. The molecular formula is C17H24ClN3. The highest BCUT2D eigenvalue weighted by atomic mass is 35.5. The molecule has 1 aromatic carbocycles. The molecule has 0 bridgehead atoms. The number of hydrogen-bond acceptors (Lipinski definition) is 2. The van der Waals surface area contributed by atoms with Crippen LogP contribution >= 0.6 is 11.6 Å². The van der Waals surface area contributed by atoms with Gasteiger partial charge in [0.15, 0.2) is 0 Å². The summed E-state index contributed by atoms with van der Waals surface area (Å²) in [7, 11) is 0. The van der Waals surface area contributed by atoms with Crippen LogP contribution in [0.5, 0.6) is 0 Å². The van der Waals surface area contributed by atoms with Gasteiger partial charge in [0.2, 0.25) is 0 Å². The first kappa shape index (κ1) is 14.9. The van der Waals surface area contributed by atoms with Gasteiger partial charge < -0.3 is 4.57 Å². The molecule has 2 heterocycles. The molecule has 21 heavy (non-hydrogen) atoms. The smallest absolute Gasteiger partial charge is 0.127 e.